The molecule has 0 unspecified atom stereocenters. The molecule has 0 atom stereocenters. The van der Waals surface area contributed by atoms with Gasteiger partial charge in [0, 0.05) is 25.6 Å². The highest BCUT2D eigenvalue weighted by Crippen LogP contribution is 2.22. The molecule has 17 heavy (non-hydrogen) atoms. The Kier molecular flexibility index (Phi) is 3.39. The van der Waals surface area contributed by atoms with Gasteiger partial charge in [0.1, 0.15) is 0 Å². The van der Waals surface area contributed by atoms with Crippen LogP contribution in [0.2, 0.25) is 0 Å². The number of urea groups is 1. The largest absolute Gasteiger partial charge is 0.380 e. The van der Waals surface area contributed by atoms with Crippen molar-refractivity contribution in [3.05, 3.63) is 29.8 Å². The highest BCUT2D eigenvalue weighted by atomic mass is 16.5. The molecule has 0 bridgehead atoms. The normalized spacial score (nSPS) is 15.9. The van der Waals surface area contributed by atoms with E-state index in [1.54, 1.807) is 12.0 Å². The molecular formula is C12H14N2O3. The lowest BCUT2D eigenvalue weighted by Gasteiger charge is -2.28. The Bertz CT molecular complexity index is 445. The molecule has 0 aliphatic carbocycles. The fraction of sp³-hybridized carbons (Fsp3) is 0.333. The van der Waals surface area contributed by atoms with Gasteiger partial charge in [0.05, 0.1) is 12.3 Å². The highest BCUT2D eigenvalue weighted by Gasteiger charge is 2.25. The van der Waals surface area contributed by atoms with Gasteiger partial charge in [0.2, 0.25) is 5.91 Å². The van der Waals surface area contributed by atoms with Crippen LogP contribution in [0, 0.1) is 0 Å². The van der Waals surface area contributed by atoms with Crippen LogP contribution in [0.25, 0.3) is 0 Å². The lowest BCUT2D eigenvalue weighted by molar-refractivity contribution is -0.120. The number of para-hydroxylation sites is 1. The minimum atomic E-state index is -0.371. The van der Waals surface area contributed by atoms with Gasteiger partial charge in [-0.15, -0.1) is 0 Å². The molecule has 1 heterocycles. The summed E-state index contributed by atoms with van der Waals surface area (Å²) in [5.74, 6) is -0.226. The molecule has 5 nitrogen and oxygen atoms in total. The maximum Gasteiger partial charge on any atom is 0.328 e. The maximum atomic E-state index is 11.7. The fourth-order valence-corrected chi connectivity index (χ4v) is 1.85. The third-order valence-electron chi connectivity index (χ3n) is 2.64. The molecule has 0 saturated carbocycles. The average molecular weight is 234 g/mol. The zero-order valence-corrected chi connectivity index (χ0v) is 9.60. The molecule has 1 saturated heterocycles. The third kappa shape index (κ3) is 2.45. The first-order valence-corrected chi connectivity index (χ1v) is 5.40. The van der Waals surface area contributed by atoms with Crippen LogP contribution < -0.4 is 10.2 Å². The van der Waals surface area contributed by atoms with Crippen molar-refractivity contribution in [1.29, 1.82) is 0 Å². The highest BCUT2D eigenvalue weighted by molar-refractivity contribution is 6.05. The van der Waals surface area contributed by atoms with Crippen LogP contribution in [-0.4, -0.2) is 25.6 Å². The van der Waals surface area contributed by atoms with Gasteiger partial charge in [-0.05, 0) is 6.07 Å². The molecule has 0 spiro atoms. The van der Waals surface area contributed by atoms with Crippen LogP contribution >= 0.6 is 0 Å². The van der Waals surface area contributed by atoms with Crippen molar-refractivity contribution >= 4 is 17.6 Å². The summed E-state index contributed by atoms with van der Waals surface area (Å²) in [5, 5.41) is 2.30. The first-order chi connectivity index (χ1) is 8.22. The molecule has 3 amide bonds. The van der Waals surface area contributed by atoms with Crippen LogP contribution in [0.15, 0.2) is 24.3 Å². The second-order valence-corrected chi connectivity index (χ2v) is 3.82. The Hall–Kier alpha value is -1.88. The summed E-state index contributed by atoms with van der Waals surface area (Å²) in [7, 11) is 1.61. The monoisotopic (exact) mass is 234 g/mol. The van der Waals surface area contributed by atoms with E-state index in [-0.39, 0.29) is 11.9 Å². The molecule has 1 aliphatic heterocycles. The van der Waals surface area contributed by atoms with E-state index in [2.05, 4.69) is 5.32 Å². The number of imide groups is 1. The molecular weight excluding hydrogens is 220 g/mol. The van der Waals surface area contributed by atoms with E-state index in [1.807, 2.05) is 24.3 Å². The van der Waals surface area contributed by atoms with Crippen LogP contribution in [0.5, 0.6) is 0 Å². The number of amides is 3. The summed E-state index contributed by atoms with van der Waals surface area (Å²) in [6.07, 6.45) is 0.326. The van der Waals surface area contributed by atoms with Crippen molar-refractivity contribution in [1.82, 2.24) is 5.32 Å². The van der Waals surface area contributed by atoms with Gasteiger partial charge < -0.3 is 4.74 Å². The number of rotatable bonds is 3. The summed E-state index contributed by atoms with van der Waals surface area (Å²) < 4.78 is 5.09. The van der Waals surface area contributed by atoms with Gasteiger partial charge in [0.15, 0.2) is 0 Å². The van der Waals surface area contributed by atoms with E-state index in [0.717, 1.165) is 11.3 Å². The zero-order chi connectivity index (χ0) is 12.3. The molecule has 90 valence electrons. The lowest BCUT2D eigenvalue weighted by atomic mass is 10.1. The quantitative estimate of drug-likeness (QED) is 0.857. The van der Waals surface area contributed by atoms with Crippen LogP contribution in [0.4, 0.5) is 10.5 Å². The molecule has 1 N–H and O–H groups in total. The molecule has 1 fully saturated rings. The smallest absolute Gasteiger partial charge is 0.328 e. The standard InChI is InChI=1S/C12H14N2O3/c1-17-8-9-4-2-3-5-10(9)14-7-6-11(15)13-12(14)16/h2-5H,6-8H2,1H3,(H,13,15,16). The van der Waals surface area contributed by atoms with Crippen molar-refractivity contribution in [3.8, 4) is 0 Å². The second kappa shape index (κ2) is 4.97. The van der Waals surface area contributed by atoms with Gasteiger partial charge in [-0.1, -0.05) is 18.2 Å². The van der Waals surface area contributed by atoms with Crippen molar-refractivity contribution in [2.45, 2.75) is 13.0 Å². The third-order valence-corrected chi connectivity index (χ3v) is 2.64. The number of anilines is 1. The van der Waals surface area contributed by atoms with Gasteiger partial charge in [-0.3, -0.25) is 15.0 Å². The minimum Gasteiger partial charge on any atom is -0.380 e. The maximum absolute atomic E-state index is 11.7. The predicted octanol–water partition coefficient (Wildman–Crippen LogP) is 1.28. The average Bonchev–Trinajstić information content (AvgIpc) is 2.31. The number of carbonyl (C=O) groups is 2. The number of nitrogens with zero attached hydrogens (tertiary/aromatic N) is 1. The van der Waals surface area contributed by atoms with Gasteiger partial charge in [-0.2, -0.15) is 0 Å². The summed E-state index contributed by atoms with van der Waals surface area (Å²) in [4.78, 5) is 24.4. The van der Waals surface area contributed by atoms with Crippen molar-refractivity contribution < 1.29 is 14.3 Å². The van der Waals surface area contributed by atoms with Gasteiger partial charge >= 0.3 is 6.03 Å². The number of carbonyl (C=O) groups excluding carboxylic acids is 2. The topological polar surface area (TPSA) is 58.6 Å². The molecule has 2 rings (SSSR count). The predicted molar refractivity (Wildman–Crippen MR) is 62.7 cm³/mol. The second-order valence-electron chi connectivity index (χ2n) is 3.82. The molecule has 1 aromatic carbocycles. The van der Waals surface area contributed by atoms with E-state index in [4.69, 9.17) is 4.74 Å². The summed E-state index contributed by atoms with van der Waals surface area (Å²) in [6, 6.07) is 7.14. The summed E-state index contributed by atoms with van der Waals surface area (Å²) >= 11 is 0. The number of benzene rings is 1. The number of hydrogen-bond donors (Lipinski definition) is 1. The van der Waals surface area contributed by atoms with Crippen LogP contribution in [-0.2, 0) is 16.1 Å². The van der Waals surface area contributed by atoms with Crippen molar-refractivity contribution in [3.63, 3.8) is 0 Å². The first-order valence-electron chi connectivity index (χ1n) is 5.40. The Morgan fingerprint density at radius 1 is 1.35 bits per heavy atom. The lowest BCUT2D eigenvalue weighted by Crippen LogP contribution is -2.49. The SMILES string of the molecule is COCc1ccccc1N1CCC(=O)NC1=O. The Morgan fingerprint density at radius 3 is 2.82 bits per heavy atom. The molecule has 1 aromatic rings. The number of nitrogens with one attached hydrogen (secondary N) is 1. The van der Waals surface area contributed by atoms with Crippen molar-refractivity contribution in [2.75, 3.05) is 18.6 Å². The number of ether oxygens (including phenoxy) is 1. The molecule has 5 heteroatoms. The van der Waals surface area contributed by atoms with Crippen LogP contribution in [0.1, 0.15) is 12.0 Å². The van der Waals surface area contributed by atoms with E-state index >= 15 is 0 Å². The Morgan fingerprint density at radius 2 is 2.12 bits per heavy atom. The minimum absolute atomic E-state index is 0.226. The first kappa shape index (κ1) is 11.6. The molecule has 0 radical (unpaired) electrons. The van der Waals surface area contributed by atoms with Crippen LogP contribution in [0.3, 0.4) is 0 Å². The molecule has 0 aromatic heterocycles. The summed E-state index contributed by atoms with van der Waals surface area (Å²) in [6.45, 7) is 0.847. The van der Waals surface area contributed by atoms with E-state index in [0.29, 0.717) is 19.6 Å². The van der Waals surface area contributed by atoms with E-state index < -0.39 is 0 Å². The fourth-order valence-electron chi connectivity index (χ4n) is 1.85. The molecule has 1 aliphatic rings. The van der Waals surface area contributed by atoms with Crippen molar-refractivity contribution in [2.24, 2.45) is 0 Å². The summed E-state index contributed by atoms with van der Waals surface area (Å²) in [5.41, 5.74) is 1.72. The van der Waals surface area contributed by atoms with E-state index in [9.17, 15) is 9.59 Å². The zero-order valence-electron chi connectivity index (χ0n) is 9.60. The van der Waals surface area contributed by atoms with Gasteiger partial charge in [0.25, 0.3) is 0 Å². The Labute approximate surface area is 99.4 Å². The number of hydrogen-bond acceptors (Lipinski definition) is 3. The van der Waals surface area contributed by atoms with E-state index in [1.165, 1.54) is 0 Å². The number of methoxy groups -OCH3 is 1. The Balaban J connectivity index is 2.27. The van der Waals surface area contributed by atoms with Gasteiger partial charge in [-0.25, -0.2) is 4.79 Å².